The second kappa shape index (κ2) is 6.02. The second-order valence-corrected chi connectivity index (χ2v) is 8.64. The van der Waals surface area contributed by atoms with Crippen molar-refractivity contribution in [2.45, 2.75) is 37.0 Å². The van der Waals surface area contributed by atoms with Crippen LogP contribution < -0.4 is 9.62 Å². The molecule has 2 aromatic rings. The van der Waals surface area contributed by atoms with Crippen molar-refractivity contribution >= 4 is 27.3 Å². The van der Waals surface area contributed by atoms with Gasteiger partial charge in [0.15, 0.2) is 0 Å². The molecule has 0 fully saturated rings. The lowest BCUT2D eigenvalue weighted by atomic mass is 10.00. The summed E-state index contributed by atoms with van der Waals surface area (Å²) in [5.41, 5.74) is 2.58. The molecule has 1 amide bonds. The van der Waals surface area contributed by atoms with Crippen molar-refractivity contribution < 1.29 is 22.0 Å². The summed E-state index contributed by atoms with van der Waals surface area (Å²) < 4.78 is 54.6. The number of amides is 1. The SMILES string of the molecule is CC(F)(F)c1ccc(NS(=O)(=O)c2cc3c4c(c2)CCN4C(=O)CC3)cc1. The van der Waals surface area contributed by atoms with Crippen LogP contribution in [-0.2, 0) is 33.6 Å². The quantitative estimate of drug-likeness (QED) is 0.867. The van der Waals surface area contributed by atoms with Crippen molar-refractivity contribution in [2.24, 2.45) is 0 Å². The van der Waals surface area contributed by atoms with Gasteiger partial charge in [0, 0.05) is 31.1 Å². The maximum absolute atomic E-state index is 13.3. The second-order valence-electron chi connectivity index (χ2n) is 6.96. The van der Waals surface area contributed by atoms with E-state index in [1.165, 1.54) is 24.3 Å². The van der Waals surface area contributed by atoms with Gasteiger partial charge in [-0.25, -0.2) is 17.2 Å². The number of carbonyl (C=O) groups is 1. The molecular weight excluding hydrogens is 374 g/mol. The Balaban J connectivity index is 1.65. The number of benzene rings is 2. The Labute approximate surface area is 156 Å². The zero-order chi connectivity index (χ0) is 19.4. The van der Waals surface area contributed by atoms with Gasteiger partial charge in [-0.1, -0.05) is 12.1 Å². The van der Waals surface area contributed by atoms with E-state index < -0.39 is 15.9 Å². The molecular formula is C19H18F2N2O3S. The van der Waals surface area contributed by atoms with Gasteiger partial charge in [-0.2, -0.15) is 0 Å². The predicted octanol–water partition coefficient (Wildman–Crippen LogP) is 3.43. The molecule has 0 bridgehead atoms. The Bertz CT molecular complexity index is 1030. The average Bonchev–Trinajstić information content (AvgIpc) is 3.03. The van der Waals surface area contributed by atoms with Crippen LogP contribution in [0.5, 0.6) is 0 Å². The maximum atomic E-state index is 13.3. The molecule has 0 radical (unpaired) electrons. The summed E-state index contributed by atoms with van der Waals surface area (Å²) in [6.07, 6.45) is 1.51. The fraction of sp³-hybridized carbons (Fsp3) is 0.316. The Morgan fingerprint density at radius 3 is 2.30 bits per heavy atom. The van der Waals surface area contributed by atoms with Gasteiger partial charge in [0.25, 0.3) is 15.9 Å². The Hall–Kier alpha value is -2.48. The summed E-state index contributed by atoms with van der Waals surface area (Å²) >= 11 is 0. The van der Waals surface area contributed by atoms with Crippen LogP contribution >= 0.6 is 0 Å². The topological polar surface area (TPSA) is 66.5 Å². The lowest BCUT2D eigenvalue weighted by Gasteiger charge is -2.25. The van der Waals surface area contributed by atoms with Crippen LogP contribution in [0, 0.1) is 0 Å². The molecule has 8 heteroatoms. The molecule has 1 N–H and O–H groups in total. The third kappa shape index (κ3) is 3.18. The van der Waals surface area contributed by atoms with Gasteiger partial charge in [0.1, 0.15) is 0 Å². The standard InChI is InChI=1S/C19H18F2N2O3S/c1-19(20,21)14-3-5-15(6-4-14)22-27(25,26)16-10-12-2-7-17(24)23-9-8-13(11-16)18(12)23/h3-6,10-11,22H,2,7-9H2,1H3. The van der Waals surface area contributed by atoms with E-state index in [9.17, 15) is 22.0 Å². The third-order valence-electron chi connectivity index (χ3n) is 4.98. The van der Waals surface area contributed by atoms with Gasteiger partial charge < -0.3 is 4.90 Å². The van der Waals surface area contributed by atoms with Gasteiger partial charge in [0.2, 0.25) is 5.91 Å². The Morgan fingerprint density at radius 2 is 1.67 bits per heavy atom. The molecule has 4 rings (SSSR count). The van der Waals surface area contributed by atoms with E-state index in [1.807, 2.05) is 0 Å². The minimum atomic E-state index is -3.86. The van der Waals surface area contributed by atoms with E-state index in [-0.39, 0.29) is 22.1 Å². The molecule has 0 saturated carbocycles. The molecule has 0 aliphatic carbocycles. The van der Waals surface area contributed by atoms with Crippen LogP contribution in [0.3, 0.4) is 0 Å². The molecule has 2 heterocycles. The lowest BCUT2D eigenvalue weighted by Crippen LogP contribution is -2.33. The van der Waals surface area contributed by atoms with Crippen LogP contribution in [0.25, 0.3) is 0 Å². The maximum Gasteiger partial charge on any atom is 0.270 e. The summed E-state index contributed by atoms with van der Waals surface area (Å²) in [5.74, 6) is -2.91. The number of rotatable bonds is 4. The monoisotopic (exact) mass is 392 g/mol. The smallest absolute Gasteiger partial charge is 0.270 e. The van der Waals surface area contributed by atoms with Crippen LogP contribution in [0.15, 0.2) is 41.3 Å². The average molecular weight is 392 g/mol. The molecule has 2 aromatic carbocycles. The molecule has 0 unspecified atom stereocenters. The summed E-state index contributed by atoms with van der Waals surface area (Å²) in [5, 5.41) is 0. The number of aryl methyl sites for hydroxylation is 1. The number of nitrogens with one attached hydrogen (secondary N) is 1. The minimum absolute atomic E-state index is 0.0720. The molecule has 142 valence electrons. The number of anilines is 2. The van der Waals surface area contributed by atoms with Crippen molar-refractivity contribution in [2.75, 3.05) is 16.2 Å². The molecule has 2 aliphatic rings. The number of alkyl halides is 2. The number of nitrogens with zero attached hydrogens (tertiary/aromatic N) is 1. The van der Waals surface area contributed by atoms with Crippen molar-refractivity contribution in [3.05, 3.63) is 53.1 Å². The van der Waals surface area contributed by atoms with Gasteiger partial charge in [-0.05, 0) is 48.2 Å². The van der Waals surface area contributed by atoms with Gasteiger partial charge in [-0.15, -0.1) is 0 Å². The van der Waals surface area contributed by atoms with Crippen molar-refractivity contribution in [3.8, 4) is 0 Å². The summed E-state index contributed by atoms with van der Waals surface area (Å²) in [6.45, 7) is 1.36. The molecule has 5 nitrogen and oxygen atoms in total. The van der Waals surface area contributed by atoms with E-state index in [0.29, 0.717) is 25.8 Å². The lowest BCUT2D eigenvalue weighted by molar-refractivity contribution is -0.118. The van der Waals surface area contributed by atoms with Crippen molar-refractivity contribution in [1.29, 1.82) is 0 Å². The fourth-order valence-corrected chi connectivity index (χ4v) is 4.79. The first kappa shape index (κ1) is 17.9. The molecule has 0 aromatic heterocycles. The van der Waals surface area contributed by atoms with E-state index in [2.05, 4.69) is 4.72 Å². The molecule has 27 heavy (non-hydrogen) atoms. The summed E-state index contributed by atoms with van der Waals surface area (Å²) in [7, 11) is -3.86. The van der Waals surface area contributed by atoms with Gasteiger partial charge >= 0.3 is 0 Å². The van der Waals surface area contributed by atoms with Gasteiger partial charge in [-0.3, -0.25) is 9.52 Å². The fourth-order valence-electron chi connectivity index (χ4n) is 3.63. The number of carbonyl (C=O) groups excluding carboxylic acids is 1. The minimum Gasteiger partial charge on any atom is -0.312 e. The van der Waals surface area contributed by atoms with Crippen LogP contribution in [0.1, 0.15) is 30.0 Å². The Morgan fingerprint density at radius 1 is 1.04 bits per heavy atom. The first-order valence-corrected chi connectivity index (χ1v) is 10.1. The number of hydrogen-bond donors (Lipinski definition) is 1. The van der Waals surface area contributed by atoms with E-state index in [1.54, 1.807) is 17.0 Å². The van der Waals surface area contributed by atoms with Crippen LogP contribution in [0.4, 0.5) is 20.2 Å². The summed E-state index contributed by atoms with van der Waals surface area (Å²) in [6, 6.07) is 8.24. The largest absolute Gasteiger partial charge is 0.312 e. The number of hydrogen-bond acceptors (Lipinski definition) is 3. The highest BCUT2D eigenvalue weighted by Crippen LogP contribution is 2.38. The van der Waals surface area contributed by atoms with Crippen LogP contribution in [0.2, 0.25) is 0 Å². The zero-order valence-electron chi connectivity index (χ0n) is 14.6. The summed E-state index contributed by atoms with van der Waals surface area (Å²) in [4.78, 5) is 13.8. The normalized spacial score (nSPS) is 16.4. The third-order valence-corrected chi connectivity index (χ3v) is 6.34. The van der Waals surface area contributed by atoms with Crippen molar-refractivity contribution in [1.82, 2.24) is 0 Å². The highest BCUT2D eigenvalue weighted by molar-refractivity contribution is 7.92. The molecule has 0 saturated heterocycles. The number of halogens is 2. The zero-order valence-corrected chi connectivity index (χ0v) is 15.4. The highest BCUT2D eigenvalue weighted by Gasteiger charge is 2.33. The van der Waals surface area contributed by atoms with E-state index >= 15 is 0 Å². The Kier molecular flexibility index (Phi) is 3.99. The molecule has 2 aliphatic heterocycles. The highest BCUT2D eigenvalue weighted by atomic mass is 32.2. The first-order valence-electron chi connectivity index (χ1n) is 8.62. The molecule has 0 atom stereocenters. The first-order chi connectivity index (χ1) is 12.6. The van der Waals surface area contributed by atoms with Crippen LogP contribution in [-0.4, -0.2) is 20.9 Å². The van der Waals surface area contributed by atoms with Crippen molar-refractivity contribution in [3.63, 3.8) is 0 Å². The number of sulfonamides is 1. The van der Waals surface area contributed by atoms with E-state index in [4.69, 9.17) is 0 Å². The predicted molar refractivity (Wildman–Crippen MR) is 97.6 cm³/mol. The molecule has 0 spiro atoms. The van der Waals surface area contributed by atoms with Gasteiger partial charge in [0.05, 0.1) is 10.6 Å². The van der Waals surface area contributed by atoms with E-state index in [0.717, 1.165) is 23.7 Å².